The van der Waals surface area contributed by atoms with Crippen molar-refractivity contribution in [2.75, 3.05) is 24.2 Å². The van der Waals surface area contributed by atoms with Crippen LogP contribution in [0.1, 0.15) is 18.1 Å². The van der Waals surface area contributed by atoms with Crippen molar-refractivity contribution in [3.8, 4) is 5.75 Å². The van der Waals surface area contributed by atoms with Crippen LogP contribution in [0, 0.1) is 0 Å². The number of carbonyl (C=O) groups excluding carboxylic acids is 1. The molecule has 0 saturated heterocycles. The van der Waals surface area contributed by atoms with Crippen molar-refractivity contribution in [2.45, 2.75) is 13.3 Å². The molecular weight excluding hydrogens is 366 g/mol. The van der Waals surface area contributed by atoms with Crippen molar-refractivity contribution in [2.24, 2.45) is 5.10 Å². The Hall–Kier alpha value is -2.87. The zero-order valence-electron chi connectivity index (χ0n) is 15.5. The van der Waals surface area contributed by atoms with Gasteiger partial charge >= 0.3 is 0 Å². The Morgan fingerprint density at radius 2 is 1.93 bits per heavy atom. The van der Waals surface area contributed by atoms with Crippen molar-refractivity contribution >= 4 is 27.8 Å². The molecule has 1 N–H and O–H groups in total. The largest absolute Gasteiger partial charge is 0.497 e. The molecule has 8 heteroatoms. The molecule has 0 spiro atoms. The maximum absolute atomic E-state index is 12.2. The number of benzene rings is 2. The van der Waals surface area contributed by atoms with Gasteiger partial charge in [0.25, 0.3) is 5.91 Å². The van der Waals surface area contributed by atoms with E-state index in [1.54, 1.807) is 43.5 Å². The molecule has 0 aliphatic carbocycles. The zero-order valence-corrected chi connectivity index (χ0v) is 16.4. The molecule has 0 aromatic heterocycles. The number of hydrogen-bond donors (Lipinski definition) is 1. The van der Waals surface area contributed by atoms with Crippen LogP contribution < -0.4 is 14.5 Å². The van der Waals surface area contributed by atoms with Gasteiger partial charge < -0.3 is 4.74 Å². The molecule has 0 fully saturated rings. The van der Waals surface area contributed by atoms with Crippen LogP contribution in [0.2, 0.25) is 0 Å². The number of aryl methyl sites for hydroxylation is 1. The van der Waals surface area contributed by atoms with Gasteiger partial charge in [0.05, 0.1) is 25.3 Å². The minimum absolute atomic E-state index is 0.361. The summed E-state index contributed by atoms with van der Waals surface area (Å²) in [6.07, 6.45) is 3.37. The number of anilines is 1. The van der Waals surface area contributed by atoms with Gasteiger partial charge in [0, 0.05) is 0 Å². The lowest BCUT2D eigenvalue weighted by Gasteiger charge is -2.21. The van der Waals surface area contributed by atoms with Crippen LogP contribution in [0.5, 0.6) is 5.75 Å². The Kier molecular flexibility index (Phi) is 6.95. The molecule has 2 rings (SSSR count). The second-order valence-corrected chi connectivity index (χ2v) is 7.77. The number of methoxy groups -OCH3 is 1. The Morgan fingerprint density at radius 3 is 2.52 bits per heavy atom. The summed E-state index contributed by atoms with van der Waals surface area (Å²) < 4.78 is 30.3. The number of nitrogens with one attached hydrogen (secondary N) is 1. The fourth-order valence-electron chi connectivity index (χ4n) is 2.36. The van der Waals surface area contributed by atoms with Crippen LogP contribution in [0.4, 0.5) is 5.69 Å². The van der Waals surface area contributed by atoms with Crippen molar-refractivity contribution in [3.63, 3.8) is 0 Å². The molecule has 0 aliphatic rings. The van der Waals surface area contributed by atoms with E-state index in [-0.39, 0.29) is 6.54 Å². The molecule has 0 unspecified atom stereocenters. The first-order chi connectivity index (χ1) is 12.8. The molecule has 0 heterocycles. The van der Waals surface area contributed by atoms with Gasteiger partial charge in [-0.05, 0) is 41.8 Å². The average Bonchev–Trinajstić information content (AvgIpc) is 2.65. The van der Waals surface area contributed by atoms with Crippen molar-refractivity contribution in [1.82, 2.24) is 5.43 Å². The van der Waals surface area contributed by atoms with Crippen molar-refractivity contribution in [3.05, 3.63) is 59.7 Å². The first kappa shape index (κ1) is 20.4. The van der Waals surface area contributed by atoms with Gasteiger partial charge in [0.1, 0.15) is 12.3 Å². The van der Waals surface area contributed by atoms with Gasteiger partial charge in [-0.25, -0.2) is 13.8 Å². The summed E-state index contributed by atoms with van der Waals surface area (Å²) in [5, 5.41) is 3.87. The fourth-order valence-corrected chi connectivity index (χ4v) is 3.22. The molecule has 144 valence electrons. The number of hydrogen-bond acceptors (Lipinski definition) is 5. The third-order valence-electron chi connectivity index (χ3n) is 3.82. The van der Waals surface area contributed by atoms with Gasteiger partial charge in [-0.3, -0.25) is 9.10 Å². The van der Waals surface area contributed by atoms with Gasteiger partial charge in [-0.15, -0.1) is 0 Å². The van der Waals surface area contributed by atoms with Crippen LogP contribution in [-0.2, 0) is 21.2 Å². The summed E-state index contributed by atoms with van der Waals surface area (Å²) >= 11 is 0. The topological polar surface area (TPSA) is 88.1 Å². The van der Waals surface area contributed by atoms with Crippen LogP contribution >= 0.6 is 0 Å². The summed E-state index contributed by atoms with van der Waals surface area (Å²) in [6.45, 7) is 1.65. The van der Waals surface area contributed by atoms with E-state index in [9.17, 15) is 13.2 Å². The molecule has 2 aromatic rings. The smallest absolute Gasteiger partial charge is 0.260 e. The summed E-state index contributed by atoms with van der Waals surface area (Å²) in [5.74, 6) is 0.128. The molecule has 7 nitrogen and oxygen atoms in total. The van der Waals surface area contributed by atoms with Crippen LogP contribution in [-0.4, -0.2) is 40.4 Å². The highest BCUT2D eigenvalue weighted by Gasteiger charge is 2.20. The Morgan fingerprint density at radius 1 is 1.22 bits per heavy atom. The third-order valence-corrected chi connectivity index (χ3v) is 4.96. The van der Waals surface area contributed by atoms with Gasteiger partial charge in [-0.2, -0.15) is 5.10 Å². The zero-order chi connectivity index (χ0) is 19.9. The lowest BCUT2D eigenvalue weighted by molar-refractivity contribution is -0.119. The Labute approximate surface area is 159 Å². The van der Waals surface area contributed by atoms with E-state index in [4.69, 9.17) is 4.74 Å². The molecule has 0 radical (unpaired) electrons. The van der Waals surface area contributed by atoms with Crippen molar-refractivity contribution < 1.29 is 17.9 Å². The number of sulfonamides is 1. The van der Waals surface area contributed by atoms with Gasteiger partial charge in [-0.1, -0.05) is 31.2 Å². The fraction of sp³-hybridized carbons (Fsp3) is 0.263. The Bertz CT molecular complexity index is 909. The molecular formula is C19H23N3O4S. The number of carbonyl (C=O) groups is 1. The normalized spacial score (nSPS) is 11.4. The van der Waals surface area contributed by atoms with Crippen LogP contribution in [0.15, 0.2) is 53.6 Å². The van der Waals surface area contributed by atoms with E-state index < -0.39 is 15.9 Å². The van der Waals surface area contributed by atoms with E-state index >= 15 is 0 Å². The number of hydrazone groups is 1. The number of nitrogens with zero attached hydrogens (tertiary/aromatic N) is 2. The molecule has 2 aromatic carbocycles. The standard InChI is InChI=1S/C19H23N3O4S/c1-4-15-8-10-17(11-9-15)22(27(3,24)25)14-19(23)21-20-13-16-6-5-7-18(12-16)26-2/h5-13H,4,14H2,1-3H3,(H,21,23)/b20-13-. The van der Waals surface area contributed by atoms with Gasteiger partial charge in [0.2, 0.25) is 10.0 Å². The quantitative estimate of drug-likeness (QED) is 0.554. The molecule has 0 bridgehead atoms. The summed E-state index contributed by atoms with van der Waals surface area (Å²) in [4.78, 5) is 12.2. The maximum Gasteiger partial charge on any atom is 0.260 e. The first-order valence-electron chi connectivity index (χ1n) is 8.36. The summed E-state index contributed by atoms with van der Waals surface area (Å²) in [6, 6.07) is 14.2. The second-order valence-electron chi connectivity index (χ2n) is 5.86. The Balaban J connectivity index is 2.06. The van der Waals surface area contributed by atoms with Crippen molar-refractivity contribution in [1.29, 1.82) is 0 Å². The van der Waals surface area contributed by atoms with Gasteiger partial charge in [0.15, 0.2) is 0 Å². The molecule has 0 saturated carbocycles. The second kappa shape index (κ2) is 9.18. The number of amides is 1. The maximum atomic E-state index is 12.2. The minimum Gasteiger partial charge on any atom is -0.497 e. The van der Waals surface area contributed by atoms with E-state index in [1.165, 1.54) is 6.21 Å². The highest BCUT2D eigenvalue weighted by atomic mass is 32.2. The predicted octanol–water partition coefficient (Wildman–Crippen LogP) is 2.17. The lowest BCUT2D eigenvalue weighted by Crippen LogP contribution is -2.39. The minimum atomic E-state index is -3.61. The number of rotatable bonds is 8. The van der Waals surface area contributed by atoms with E-state index in [2.05, 4.69) is 10.5 Å². The first-order valence-corrected chi connectivity index (χ1v) is 10.2. The summed E-state index contributed by atoms with van der Waals surface area (Å²) in [7, 11) is -2.05. The highest BCUT2D eigenvalue weighted by molar-refractivity contribution is 7.92. The number of ether oxygens (including phenoxy) is 1. The lowest BCUT2D eigenvalue weighted by atomic mass is 10.1. The van der Waals surface area contributed by atoms with E-state index in [1.807, 2.05) is 19.1 Å². The predicted molar refractivity (Wildman–Crippen MR) is 107 cm³/mol. The SMILES string of the molecule is CCc1ccc(N(CC(=O)N/N=C\c2cccc(OC)c2)S(C)(=O)=O)cc1. The monoisotopic (exact) mass is 389 g/mol. The molecule has 27 heavy (non-hydrogen) atoms. The van der Waals surface area contributed by atoms with Crippen LogP contribution in [0.3, 0.4) is 0 Å². The van der Waals surface area contributed by atoms with Crippen LogP contribution in [0.25, 0.3) is 0 Å². The average molecular weight is 389 g/mol. The highest BCUT2D eigenvalue weighted by Crippen LogP contribution is 2.18. The molecule has 0 atom stereocenters. The third kappa shape index (κ3) is 6.10. The molecule has 0 aliphatic heterocycles. The summed E-state index contributed by atoms with van der Waals surface area (Å²) in [5.41, 5.74) is 4.60. The van der Waals surface area contributed by atoms with E-state index in [0.717, 1.165) is 28.1 Å². The van der Waals surface area contributed by atoms with E-state index in [0.29, 0.717) is 11.4 Å². The molecule has 1 amide bonds.